The number of benzene rings is 2. The Labute approximate surface area is 191 Å². The van der Waals surface area contributed by atoms with E-state index in [1.165, 1.54) is 0 Å². The average molecular weight is 444 g/mol. The topological polar surface area (TPSA) is 74.1 Å². The number of fused-ring (bicyclic) bond motifs is 2. The maximum Gasteiger partial charge on any atom is 0.224 e. The van der Waals surface area contributed by atoms with Crippen LogP contribution >= 0.6 is 0 Å². The van der Waals surface area contributed by atoms with Gasteiger partial charge in [0.15, 0.2) is 11.5 Å². The van der Waals surface area contributed by atoms with E-state index in [9.17, 15) is 4.79 Å². The van der Waals surface area contributed by atoms with Crippen LogP contribution in [0.2, 0.25) is 0 Å². The normalized spacial score (nSPS) is 12.8. The van der Waals surface area contributed by atoms with E-state index in [2.05, 4.69) is 10.3 Å². The molecule has 0 unspecified atom stereocenters. The number of ether oxygens (including phenoxy) is 3. The van der Waals surface area contributed by atoms with Gasteiger partial charge in [0.25, 0.3) is 0 Å². The van der Waals surface area contributed by atoms with E-state index in [4.69, 9.17) is 14.2 Å². The third-order valence-electron chi connectivity index (χ3n) is 5.39. The SMILES string of the molecule is O=C(CCc1ccc2c(c1)OCCCO2)Nc1ccc(OCc2cn3ccccc3n2)cc1. The third kappa shape index (κ3) is 5.26. The first-order valence-electron chi connectivity index (χ1n) is 11.1. The lowest BCUT2D eigenvalue weighted by Gasteiger charge is -2.10. The molecule has 0 atom stereocenters. The van der Waals surface area contributed by atoms with Crippen molar-refractivity contribution in [2.75, 3.05) is 18.5 Å². The summed E-state index contributed by atoms with van der Waals surface area (Å²) in [4.78, 5) is 16.9. The second kappa shape index (κ2) is 9.65. The van der Waals surface area contributed by atoms with Crippen LogP contribution in [0.25, 0.3) is 5.65 Å². The maximum atomic E-state index is 12.4. The van der Waals surface area contributed by atoms with Crippen LogP contribution in [0.15, 0.2) is 73.1 Å². The van der Waals surface area contributed by atoms with E-state index in [0.29, 0.717) is 32.7 Å². The second-order valence-electron chi connectivity index (χ2n) is 7.89. The molecule has 0 aliphatic carbocycles. The molecule has 1 N–H and O–H groups in total. The Morgan fingerprint density at radius 2 is 1.88 bits per heavy atom. The summed E-state index contributed by atoms with van der Waals surface area (Å²) >= 11 is 0. The molecule has 1 amide bonds. The van der Waals surface area contributed by atoms with Crippen LogP contribution in [0.1, 0.15) is 24.1 Å². The number of hydrogen-bond donors (Lipinski definition) is 1. The molecule has 3 heterocycles. The predicted octanol–water partition coefficient (Wildman–Crippen LogP) is 4.65. The smallest absolute Gasteiger partial charge is 0.224 e. The van der Waals surface area contributed by atoms with Gasteiger partial charge in [-0.05, 0) is 60.5 Å². The molecule has 5 rings (SSSR count). The molecule has 1 aliphatic heterocycles. The summed E-state index contributed by atoms with van der Waals surface area (Å²) in [5, 5.41) is 2.94. The number of rotatable bonds is 7. The fourth-order valence-electron chi connectivity index (χ4n) is 3.69. The number of carbonyl (C=O) groups excluding carboxylic acids is 1. The Morgan fingerprint density at radius 3 is 2.73 bits per heavy atom. The van der Waals surface area contributed by atoms with Gasteiger partial charge in [0.1, 0.15) is 18.0 Å². The number of hydrogen-bond acceptors (Lipinski definition) is 5. The molecular formula is C26H25N3O4. The van der Waals surface area contributed by atoms with Crippen LogP contribution < -0.4 is 19.5 Å². The number of aryl methyl sites for hydroxylation is 1. The Balaban J connectivity index is 1.11. The zero-order valence-electron chi connectivity index (χ0n) is 18.2. The average Bonchev–Trinajstić information content (AvgIpc) is 3.11. The molecule has 168 valence electrons. The maximum absolute atomic E-state index is 12.4. The van der Waals surface area contributed by atoms with E-state index in [0.717, 1.165) is 46.3 Å². The highest BCUT2D eigenvalue weighted by Crippen LogP contribution is 2.30. The lowest BCUT2D eigenvalue weighted by Crippen LogP contribution is -2.12. The van der Waals surface area contributed by atoms with Gasteiger partial charge in [-0.2, -0.15) is 0 Å². The molecule has 0 saturated carbocycles. The van der Waals surface area contributed by atoms with Crippen LogP contribution in [0, 0.1) is 0 Å². The van der Waals surface area contributed by atoms with E-state index >= 15 is 0 Å². The monoisotopic (exact) mass is 443 g/mol. The van der Waals surface area contributed by atoms with Crippen molar-refractivity contribution in [3.05, 3.63) is 84.3 Å². The molecule has 7 heteroatoms. The van der Waals surface area contributed by atoms with Gasteiger partial charge < -0.3 is 23.9 Å². The van der Waals surface area contributed by atoms with Crippen molar-refractivity contribution >= 4 is 17.2 Å². The van der Waals surface area contributed by atoms with Gasteiger partial charge in [-0.15, -0.1) is 0 Å². The first-order chi connectivity index (χ1) is 16.2. The zero-order valence-corrected chi connectivity index (χ0v) is 18.2. The molecule has 7 nitrogen and oxygen atoms in total. The molecule has 2 aromatic heterocycles. The van der Waals surface area contributed by atoms with E-state index in [1.807, 2.05) is 77.5 Å². The summed E-state index contributed by atoms with van der Waals surface area (Å²) in [6.45, 7) is 1.69. The fraction of sp³-hybridized carbons (Fsp3) is 0.231. The predicted molar refractivity (Wildman–Crippen MR) is 125 cm³/mol. The van der Waals surface area contributed by atoms with E-state index < -0.39 is 0 Å². The van der Waals surface area contributed by atoms with E-state index in [-0.39, 0.29) is 5.91 Å². The Hall–Kier alpha value is -4.00. The van der Waals surface area contributed by atoms with Crippen molar-refractivity contribution in [2.24, 2.45) is 0 Å². The number of amides is 1. The number of pyridine rings is 1. The number of imidazole rings is 1. The van der Waals surface area contributed by atoms with Gasteiger partial charge >= 0.3 is 0 Å². The summed E-state index contributed by atoms with van der Waals surface area (Å²) in [5.41, 5.74) is 3.53. The van der Waals surface area contributed by atoms with Crippen LogP contribution in [0.5, 0.6) is 17.2 Å². The zero-order chi connectivity index (χ0) is 22.5. The number of nitrogens with zero attached hydrogens (tertiary/aromatic N) is 2. The minimum Gasteiger partial charge on any atom is -0.490 e. The van der Waals surface area contributed by atoms with Crippen molar-refractivity contribution in [1.82, 2.24) is 9.38 Å². The molecule has 2 aromatic carbocycles. The van der Waals surface area contributed by atoms with Gasteiger partial charge in [0.05, 0.1) is 18.9 Å². The lowest BCUT2D eigenvalue weighted by molar-refractivity contribution is -0.116. The molecule has 0 fully saturated rings. The third-order valence-corrected chi connectivity index (χ3v) is 5.39. The van der Waals surface area contributed by atoms with Crippen molar-refractivity contribution in [3.8, 4) is 17.2 Å². The van der Waals surface area contributed by atoms with Gasteiger partial charge in [-0.25, -0.2) is 4.98 Å². The molecule has 0 radical (unpaired) electrons. The van der Waals surface area contributed by atoms with Crippen molar-refractivity contribution in [3.63, 3.8) is 0 Å². The highest BCUT2D eigenvalue weighted by atomic mass is 16.5. The van der Waals surface area contributed by atoms with Gasteiger partial charge in [-0.3, -0.25) is 4.79 Å². The number of nitrogens with one attached hydrogen (secondary N) is 1. The minimum absolute atomic E-state index is 0.0412. The Bertz CT molecular complexity index is 1220. The minimum atomic E-state index is -0.0412. The summed E-state index contributed by atoms with van der Waals surface area (Å²) in [7, 11) is 0. The van der Waals surface area contributed by atoms with Gasteiger partial charge in [0.2, 0.25) is 5.91 Å². The van der Waals surface area contributed by atoms with Crippen LogP contribution in [-0.2, 0) is 17.8 Å². The Morgan fingerprint density at radius 1 is 1.03 bits per heavy atom. The van der Waals surface area contributed by atoms with Crippen molar-refractivity contribution < 1.29 is 19.0 Å². The van der Waals surface area contributed by atoms with Crippen molar-refractivity contribution in [1.29, 1.82) is 0 Å². The molecule has 0 bridgehead atoms. The fourth-order valence-corrected chi connectivity index (χ4v) is 3.69. The lowest BCUT2D eigenvalue weighted by atomic mass is 10.1. The molecule has 4 aromatic rings. The second-order valence-corrected chi connectivity index (χ2v) is 7.89. The van der Waals surface area contributed by atoms with Crippen LogP contribution in [0.4, 0.5) is 5.69 Å². The Kier molecular flexibility index (Phi) is 6.10. The highest BCUT2D eigenvalue weighted by molar-refractivity contribution is 5.90. The first kappa shape index (κ1) is 20.9. The van der Waals surface area contributed by atoms with E-state index in [1.54, 1.807) is 0 Å². The van der Waals surface area contributed by atoms with Crippen molar-refractivity contribution in [2.45, 2.75) is 25.9 Å². The highest BCUT2D eigenvalue weighted by Gasteiger charge is 2.11. The molecule has 1 aliphatic rings. The molecule has 0 spiro atoms. The largest absolute Gasteiger partial charge is 0.490 e. The number of aromatic nitrogens is 2. The summed E-state index contributed by atoms with van der Waals surface area (Å²) in [5.74, 6) is 2.20. The van der Waals surface area contributed by atoms with Gasteiger partial charge in [0, 0.05) is 30.9 Å². The molecular weight excluding hydrogens is 418 g/mol. The summed E-state index contributed by atoms with van der Waals surface area (Å²) in [6.07, 6.45) is 5.79. The van der Waals surface area contributed by atoms with Crippen LogP contribution in [-0.4, -0.2) is 28.5 Å². The number of anilines is 1. The quantitative estimate of drug-likeness (QED) is 0.450. The first-order valence-corrected chi connectivity index (χ1v) is 11.1. The standard InChI is InChI=1S/C26H25N3O4/c30-26(12-6-19-5-11-23-24(16-19)32-15-3-14-31-23)28-20-7-9-22(10-8-20)33-18-21-17-29-13-2-1-4-25(29)27-21/h1-2,4-5,7-11,13,16-17H,3,6,12,14-15,18H2,(H,28,30). The summed E-state index contributed by atoms with van der Waals surface area (Å²) in [6, 6.07) is 19.1. The molecule has 0 saturated heterocycles. The summed E-state index contributed by atoms with van der Waals surface area (Å²) < 4.78 is 19.2. The van der Waals surface area contributed by atoms with Crippen LogP contribution in [0.3, 0.4) is 0 Å². The number of carbonyl (C=O) groups is 1. The molecule has 33 heavy (non-hydrogen) atoms. The van der Waals surface area contributed by atoms with Gasteiger partial charge in [-0.1, -0.05) is 12.1 Å².